The first-order chi connectivity index (χ1) is 12.9. The third-order valence-electron chi connectivity index (χ3n) is 4.49. The van der Waals surface area contributed by atoms with Gasteiger partial charge in [-0.1, -0.05) is 35.5 Å². The van der Waals surface area contributed by atoms with Crippen molar-refractivity contribution in [3.8, 4) is 0 Å². The quantitative estimate of drug-likeness (QED) is 0.182. The zero-order valence-electron chi connectivity index (χ0n) is 15.8. The molecular formula is C21H26ClNO3S. The van der Waals surface area contributed by atoms with Crippen LogP contribution in [0.4, 0.5) is 0 Å². The standard InChI is InChI=1S/C21H26ClNO3S/c1-4-9-26-23-14(2)11-17-19(24)12-16(13-20(17)25)8-10-27-21-7-5-6-18(22)15(21)3/h4-7,16,24H,1,8-13H2,2-3H3. The fraction of sp³-hybridized carbons (Fsp3) is 0.429. The highest BCUT2D eigenvalue weighted by Crippen LogP contribution is 2.33. The Morgan fingerprint density at radius 2 is 2.26 bits per heavy atom. The van der Waals surface area contributed by atoms with Crippen molar-refractivity contribution in [1.29, 1.82) is 0 Å². The second-order valence-electron chi connectivity index (χ2n) is 6.71. The number of hydrogen-bond acceptors (Lipinski definition) is 5. The molecule has 1 aromatic rings. The number of hydrogen-bond donors (Lipinski definition) is 1. The Labute approximate surface area is 170 Å². The van der Waals surface area contributed by atoms with E-state index in [2.05, 4.69) is 17.8 Å². The van der Waals surface area contributed by atoms with Gasteiger partial charge in [0, 0.05) is 34.8 Å². The molecule has 0 fully saturated rings. The predicted molar refractivity (Wildman–Crippen MR) is 113 cm³/mol. The largest absolute Gasteiger partial charge is 0.512 e. The van der Waals surface area contributed by atoms with E-state index >= 15 is 0 Å². The smallest absolute Gasteiger partial charge is 0.162 e. The molecule has 146 valence electrons. The van der Waals surface area contributed by atoms with E-state index in [0.29, 0.717) is 37.2 Å². The van der Waals surface area contributed by atoms with Gasteiger partial charge in [0.05, 0.1) is 11.5 Å². The van der Waals surface area contributed by atoms with Crippen LogP contribution in [-0.2, 0) is 9.63 Å². The highest BCUT2D eigenvalue weighted by atomic mass is 35.5. The third-order valence-corrected chi connectivity index (χ3v) is 6.09. The molecular weight excluding hydrogens is 382 g/mol. The maximum atomic E-state index is 12.5. The Bertz CT molecular complexity index is 758. The summed E-state index contributed by atoms with van der Waals surface area (Å²) >= 11 is 7.90. The van der Waals surface area contributed by atoms with Crippen LogP contribution in [0.1, 0.15) is 38.2 Å². The average molecular weight is 408 g/mol. The van der Waals surface area contributed by atoms with Crippen LogP contribution >= 0.6 is 23.4 Å². The summed E-state index contributed by atoms with van der Waals surface area (Å²) in [4.78, 5) is 18.7. The van der Waals surface area contributed by atoms with Gasteiger partial charge in [-0.2, -0.15) is 0 Å². The first-order valence-electron chi connectivity index (χ1n) is 9.00. The van der Waals surface area contributed by atoms with Crippen molar-refractivity contribution in [2.45, 2.75) is 44.4 Å². The number of halogens is 1. The van der Waals surface area contributed by atoms with Crippen LogP contribution in [0.25, 0.3) is 0 Å². The normalized spacial score (nSPS) is 18.0. The Morgan fingerprint density at radius 3 is 2.96 bits per heavy atom. The van der Waals surface area contributed by atoms with Gasteiger partial charge in [-0.3, -0.25) is 4.79 Å². The number of benzene rings is 1. The number of nitrogens with zero attached hydrogens (tertiary/aromatic N) is 1. The van der Waals surface area contributed by atoms with Gasteiger partial charge in [-0.15, -0.1) is 11.8 Å². The molecule has 6 heteroatoms. The lowest BCUT2D eigenvalue weighted by Gasteiger charge is -2.23. The Hall–Kier alpha value is -1.72. The number of thioether (sulfide) groups is 1. The number of carbonyl (C=O) groups is 1. The van der Waals surface area contributed by atoms with E-state index < -0.39 is 0 Å². The van der Waals surface area contributed by atoms with Gasteiger partial charge < -0.3 is 9.94 Å². The second kappa shape index (κ2) is 10.6. The maximum Gasteiger partial charge on any atom is 0.162 e. The zero-order chi connectivity index (χ0) is 19.8. The predicted octanol–water partition coefficient (Wildman–Crippen LogP) is 5.89. The number of rotatable bonds is 9. The van der Waals surface area contributed by atoms with Crippen LogP contribution in [0.2, 0.25) is 5.02 Å². The molecule has 0 radical (unpaired) electrons. The zero-order valence-corrected chi connectivity index (χ0v) is 17.4. The first-order valence-corrected chi connectivity index (χ1v) is 10.4. The van der Waals surface area contributed by atoms with Gasteiger partial charge in [0.1, 0.15) is 6.61 Å². The molecule has 1 unspecified atom stereocenters. The molecule has 1 aliphatic carbocycles. The average Bonchev–Trinajstić information content (AvgIpc) is 2.62. The fourth-order valence-corrected chi connectivity index (χ4v) is 4.39. The molecule has 0 saturated heterocycles. The van der Waals surface area contributed by atoms with Gasteiger partial charge in [-0.25, -0.2) is 0 Å². The number of Topliss-reactive ketones (excluding diaryl/α,β-unsaturated/α-hetero) is 1. The molecule has 0 bridgehead atoms. The summed E-state index contributed by atoms with van der Waals surface area (Å²) in [6.07, 6.45) is 3.80. The molecule has 0 aliphatic heterocycles. The third kappa shape index (κ3) is 6.43. The van der Waals surface area contributed by atoms with Gasteiger partial charge in [0.2, 0.25) is 0 Å². The van der Waals surface area contributed by atoms with Crippen LogP contribution in [-0.4, -0.2) is 29.0 Å². The maximum absolute atomic E-state index is 12.5. The SMILES string of the molecule is C=CCON=C(C)CC1=C(O)CC(CCSc2cccc(Cl)c2C)CC1=O. The molecule has 1 aliphatic rings. The number of aliphatic hydroxyl groups excluding tert-OH is 1. The molecule has 0 aromatic heterocycles. The summed E-state index contributed by atoms with van der Waals surface area (Å²) in [5.41, 5.74) is 2.22. The van der Waals surface area contributed by atoms with Crippen molar-refractivity contribution >= 4 is 34.9 Å². The molecule has 27 heavy (non-hydrogen) atoms. The molecule has 0 heterocycles. The monoisotopic (exact) mass is 407 g/mol. The Kier molecular flexibility index (Phi) is 8.45. The summed E-state index contributed by atoms with van der Waals surface area (Å²) in [6.45, 7) is 7.67. The number of carbonyl (C=O) groups excluding carboxylic acids is 1. The highest BCUT2D eigenvalue weighted by Gasteiger charge is 2.27. The second-order valence-corrected chi connectivity index (χ2v) is 8.25. The number of aliphatic hydroxyl groups is 1. The van der Waals surface area contributed by atoms with Crippen molar-refractivity contribution in [3.63, 3.8) is 0 Å². The van der Waals surface area contributed by atoms with Crippen molar-refractivity contribution in [3.05, 3.63) is 52.8 Å². The summed E-state index contributed by atoms with van der Waals surface area (Å²) in [5, 5.41) is 15.0. The van der Waals surface area contributed by atoms with Crippen molar-refractivity contribution in [1.82, 2.24) is 0 Å². The molecule has 4 nitrogen and oxygen atoms in total. The number of ketones is 1. The van der Waals surface area contributed by atoms with E-state index in [1.165, 1.54) is 0 Å². The minimum atomic E-state index is 0.00552. The number of oxime groups is 1. The van der Waals surface area contributed by atoms with Gasteiger partial charge >= 0.3 is 0 Å². The van der Waals surface area contributed by atoms with E-state index in [-0.39, 0.29) is 17.5 Å². The molecule has 0 amide bonds. The highest BCUT2D eigenvalue weighted by molar-refractivity contribution is 7.99. The van der Waals surface area contributed by atoms with Crippen molar-refractivity contribution in [2.24, 2.45) is 11.1 Å². The Morgan fingerprint density at radius 1 is 1.48 bits per heavy atom. The minimum Gasteiger partial charge on any atom is -0.512 e. The molecule has 2 rings (SSSR count). The molecule has 0 saturated carbocycles. The fourth-order valence-electron chi connectivity index (χ4n) is 2.99. The molecule has 1 N–H and O–H groups in total. The summed E-state index contributed by atoms with van der Waals surface area (Å²) in [7, 11) is 0. The van der Waals surface area contributed by atoms with E-state index in [1.807, 2.05) is 19.1 Å². The molecule has 1 atom stereocenters. The van der Waals surface area contributed by atoms with Gasteiger partial charge in [0.25, 0.3) is 0 Å². The van der Waals surface area contributed by atoms with Crippen LogP contribution < -0.4 is 0 Å². The summed E-state index contributed by atoms with van der Waals surface area (Å²) in [5.74, 6) is 1.25. The van der Waals surface area contributed by atoms with Crippen LogP contribution in [0.5, 0.6) is 0 Å². The lowest BCUT2D eigenvalue weighted by molar-refractivity contribution is -0.117. The molecule has 1 aromatic carbocycles. The lowest BCUT2D eigenvalue weighted by atomic mass is 9.84. The summed E-state index contributed by atoms with van der Waals surface area (Å²) < 4.78 is 0. The van der Waals surface area contributed by atoms with Crippen LogP contribution in [0, 0.1) is 12.8 Å². The van der Waals surface area contributed by atoms with E-state index in [1.54, 1.807) is 24.8 Å². The number of allylic oxidation sites excluding steroid dienone is 2. The minimum absolute atomic E-state index is 0.00552. The first kappa shape index (κ1) is 21.6. The van der Waals surface area contributed by atoms with Gasteiger partial charge in [-0.05, 0) is 49.6 Å². The van der Waals surface area contributed by atoms with Gasteiger partial charge in [0.15, 0.2) is 5.78 Å². The summed E-state index contributed by atoms with van der Waals surface area (Å²) in [6, 6.07) is 5.90. The van der Waals surface area contributed by atoms with Crippen molar-refractivity contribution in [2.75, 3.05) is 12.4 Å². The van der Waals surface area contributed by atoms with E-state index in [0.717, 1.165) is 27.7 Å². The van der Waals surface area contributed by atoms with Crippen molar-refractivity contribution < 1.29 is 14.7 Å². The van der Waals surface area contributed by atoms with E-state index in [4.69, 9.17) is 16.4 Å². The lowest BCUT2D eigenvalue weighted by Crippen LogP contribution is -2.21. The van der Waals surface area contributed by atoms with E-state index in [9.17, 15) is 9.90 Å². The van der Waals surface area contributed by atoms with Crippen LogP contribution in [0.3, 0.4) is 0 Å². The van der Waals surface area contributed by atoms with Crippen LogP contribution in [0.15, 0.2) is 52.2 Å². The molecule has 0 spiro atoms. The topological polar surface area (TPSA) is 58.9 Å². The Balaban J connectivity index is 1.89.